The van der Waals surface area contributed by atoms with E-state index in [-0.39, 0.29) is 0 Å². The molecule has 0 saturated heterocycles. The average molecular weight is 708 g/mol. The zero-order valence-corrected chi connectivity index (χ0v) is 29.3. The van der Waals surface area contributed by atoms with Gasteiger partial charge < -0.3 is 22.7 Å². The highest BCUT2D eigenvalue weighted by molar-refractivity contribution is 6.15. The van der Waals surface area contributed by atoms with E-state index in [2.05, 4.69) is 125 Å². The highest BCUT2D eigenvalue weighted by Crippen LogP contribution is 2.46. The second-order valence-electron chi connectivity index (χ2n) is 14.0. The Bertz CT molecular complexity index is 3440. The molecule has 0 saturated carbocycles. The molecule has 12 aromatic rings. The normalized spacial score (nSPS) is 12.0. The number of furan rings is 2. The minimum absolute atomic E-state index is 0.592. The number of oxazole rings is 1. The van der Waals surface area contributed by atoms with Crippen molar-refractivity contribution in [2.24, 2.45) is 0 Å². The Morgan fingerprint density at radius 2 is 1.09 bits per heavy atom. The molecule has 12 rings (SSSR count). The maximum atomic E-state index is 6.64. The molecule has 0 bridgehead atoms. The molecule has 0 aliphatic carbocycles. The van der Waals surface area contributed by atoms with Gasteiger partial charge in [-0.05, 0) is 78.9 Å². The van der Waals surface area contributed by atoms with Gasteiger partial charge >= 0.3 is 0 Å². The van der Waals surface area contributed by atoms with E-state index < -0.39 is 0 Å². The second-order valence-corrected chi connectivity index (χ2v) is 14.0. The number of hydrogen-bond donors (Lipinski definition) is 0. The molecule has 55 heavy (non-hydrogen) atoms. The van der Waals surface area contributed by atoms with Crippen molar-refractivity contribution in [3.63, 3.8) is 0 Å². The van der Waals surface area contributed by atoms with Crippen LogP contribution < -0.4 is 4.90 Å². The molecule has 0 radical (unpaired) electrons. The Morgan fingerprint density at radius 1 is 0.418 bits per heavy atom. The number of anilines is 3. The number of rotatable bonds is 5. The van der Waals surface area contributed by atoms with Crippen LogP contribution in [0.2, 0.25) is 0 Å². The Morgan fingerprint density at radius 3 is 1.96 bits per heavy atom. The molecular weight excluding hydrogens is 679 g/mol. The Labute approximate surface area is 313 Å². The van der Waals surface area contributed by atoms with Gasteiger partial charge in [0.25, 0.3) is 0 Å². The zero-order chi connectivity index (χ0) is 36.0. The molecule has 0 amide bonds. The molecular formula is C49H29N3O3. The van der Waals surface area contributed by atoms with Crippen LogP contribution >= 0.6 is 0 Å². The Kier molecular flexibility index (Phi) is 6.24. The highest BCUT2D eigenvalue weighted by atomic mass is 16.4. The van der Waals surface area contributed by atoms with E-state index in [1.807, 2.05) is 60.7 Å². The van der Waals surface area contributed by atoms with Gasteiger partial charge in [0.2, 0.25) is 5.89 Å². The smallest absolute Gasteiger partial charge is 0.227 e. The third-order valence-electron chi connectivity index (χ3n) is 10.8. The number of fused-ring (bicyclic) bond motifs is 10. The fourth-order valence-corrected chi connectivity index (χ4v) is 8.35. The molecule has 0 fully saturated rings. The van der Waals surface area contributed by atoms with E-state index in [0.717, 1.165) is 94.3 Å². The van der Waals surface area contributed by atoms with Gasteiger partial charge in [-0.2, -0.15) is 0 Å². The van der Waals surface area contributed by atoms with Crippen molar-refractivity contribution in [3.8, 4) is 17.1 Å². The molecule has 258 valence electrons. The molecule has 0 spiro atoms. The lowest BCUT2D eigenvalue weighted by Crippen LogP contribution is -2.10. The topological polar surface area (TPSA) is 60.5 Å². The molecule has 0 atom stereocenters. The van der Waals surface area contributed by atoms with Gasteiger partial charge in [0, 0.05) is 61.7 Å². The first kappa shape index (κ1) is 29.9. The summed E-state index contributed by atoms with van der Waals surface area (Å²) in [7, 11) is 0. The molecule has 6 heteroatoms. The summed E-state index contributed by atoms with van der Waals surface area (Å²) < 4.78 is 21.7. The fourth-order valence-electron chi connectivity index (χ4n) is 8.35. The number of aromatic nitrogens is 2. The summed E-state index contributed by atoms with van der Waals surface area (Å²) in [5.74, 6) is 0.592. The van der Waals surface area contributed by atoms with Gasteiger partial charge in [-0.1, -0.05) is 84.9 Å². The van der Waals surface area contributed by atoms with Gasteiger partial charge in [-0.3, -0.25) is 0 Å². The number of para-hydroxylation sites is 3. The first-order valence-corrected chi connectivity index (χ1v) is 18.4. The van der Waals surface area contributed by atoms with Gasteiger partial charge in [0.1, 0.15) is 27.8 Å². The lowest BCUT2D eigenvalue weighted by molar-refractivity contribution is 0.620. The zero-order valence-electron chi connectivity index (χ0n) is 29.3. The van der Waals surface area contributed by atoms with Crippen molar-refractivity contribution >= 4 is 93.8 Å². The van der Waals surface area contributed by atoms with Crippen LogP contribution in [0.1, 0.15) is 0 Å². The molecule has 0 aliphatic heterocycles. The summed E-state index contributed by atoms with van der Waals surface area (Å²) in [6.45, 7) is 0. The van der Waals surface area contributed by atoms with Crippen LogP contribution in [0, 0.1) is 0 Å². The van der Waals surface area contributed by atoms with Crippen LogP contribution in [0.15, 0.2) is 189 Å². The molecule has 0 aliphatic rings. The Hall–Kier alpha value is -7.57. The van der Waals surface area contributed by atoms with E-state index >= 15 is 0 Å². The molecule has 4 heterocycles. The highest BCUT2D eigenvalue weighted by Gasteiger charge is 2.23. The van der Waals surface area contributed by atoms with Gasteiger partial charge in [-0.25, -0.2) is 4.98 Å². The molecule has 4 aromatic heterocycles. The van der Waals surface area contributed by atoms with E-state index in [9.17, 15) is 0 Å². The minimum atomic E-state index is 0.592. The SMILES string of the molecule is c1ccc(-c2nc3cc4oc5cc(N(c6ccc7c8ccccc8n(-c8ccccc8)c7c6)c6cccc7oc8ccccc8c67)ccc5c4cc3o2)cc1. The van der Waals surface area contributed by atoms with Crippen LogP contribution in [0.25, 0.3) is 93.9 Å². The minimum Gasteiger partial charge on any atom is -0.456 e. The van der Waals surface area contributed by atoms with Crippen LogP contribution in [0.3, 0.4) is 0 Å². The largest absolute Gasteiger partial charge is 0.456 e. The van der Waals surface area contributed by atoms with E-state index in [1.54, 1.807) is 0 Å². The number of nitrogens with zero attached hydrogens (tertiary/aromatic N) is 3. The van der Waals surface area contributed by atoms with Crippen LogP contribution in [-0.4, -0.2) is 9.55 Å². The summed E-state index contributed by atoms with van der Waals surface area (Å²) >= 11 is 0. The maximum Gasteiger partial charge on any atom is 0.227 e. The predicted octanol–water partition coefficient (Wildman–Crippen LogP) is 13.9. The number of hydrogen-bond acceptors (Lipinski definition) is 5. The van der Waals surface area contributed by atoms with Crippen LogP contribution in [0.4, 0.5) is 17.1 Å². The lowest BCUT2D eigenvalue weighted by atomic mass is 10.1. The first-order valence-electron chi connectivity index (χ1n) is 18.4. The summed E-state index contributed by atoms with van der Waals surface area (Å²) in [5, 5.41) is 6.50. The van der Waals surface area contributed by atoms with Crippen molar-refractivity contribution in [1.82, 2.24) is 9.55 Å². The fraction of sp³-hybridized carbons (Fsp3) is 0. The summed E-state index contributed by atoms with van der Waals surface area (Å²) in [4.78, 5) is 7.12. The monoisotopic (exact) mass is 707 g/mol. The van der Waals surface area contributed by atoms with Crippen molar-refractivity contribution in [3.05, 3.63) is 176 Å². The third kappa shape index (κ3) is 4.52. The summed E-state index contributed by atoms with van der Waals surface area (Å²) in [6.07, 6.45) is 0. The lowest BCUT2D eigenvalue weighted by Gasteiger charge is -2.26. The van der Waals surface area contributed by atoms with Crippen molar-refractivity contribution in [2.45, 2.75) is 0 Å². The number of benzene rings is 8. The Balaban J connectivity index is 1.09. The van der Waals surface area contributed by atoms with Gasteiger partial charge in [0.05, 0.1) is 22.1 Å². The van der Waals surface area contributed by atoms with Crippen molar-refractivity contribution in [2.75, 3.05) is 4.90 Å². The maximum absolute atomic E-state index is 6.64. The van der Waals surface area contributed by atoms with Crippen LogP contribution in [0.5, 0.6) is 0 Å². The van der Waals surface area contributed by atoms with E-state index in [1.165, 1.54) is 10.8 Å². The third-order valence-corrected chi connectivity index (χ3v) is 10.8. The van der Waals surface area contributed by atoms with Crippen molar-refractivity contribution < 1.29 is 13.3 Å². The average Bonchev–Trinajstić information content (AvgIpc) is 4.00. The quantitative estimate of drug-likeness (QED) is 0.178. The van der Waals surface area contributed by atoms with Gasteiger partial charge in [0.15, 0.2) is 5.58 Å². The molecule has 0 unspecified atom stereocenters. The van der Waals surface area contributed by atoms with Crippen LogP contribution in [-0.2, 0) is 0 Å². The standard InChI is InChI=1S/C49H29N3O3/c1-3-12-30(13-4-1)49-50-39-29-46-38(28-47(39)55-49)36-25-23-33(27-45(36)54-46)51(41-19-11-21-44-48(41)37-17-8-10-20-43(37)53-44)32-22-24-35-34-16-7-9-18-40(34)52(42(35)26-32)31-14-5-2-6-15-31/h1-29H. The summed E-state index contributed by atoms with van der Waals surface area (Å²) in [5.41, 5.74) is 12.0. The van der Waals surface area contributed by atoms with E-state index in [4.69, 9.17) is 18.2 Å². The second kappa shape index (κ2) is 11.5. The summed E-state index contributed by atoms with van der Waals surface area (Å²) in [6, 6.07) is 61.0. The molecule has 0 N–H and O–H groups in total. The van der Waals surface area contributed by atoms with E-state index in [0.29, 0.717) is 5.89 Å². The van der Waals surface area contributed by atoms with Gasteiger partial charge in [-0.15, -0.1) is 0 Å². The van der Waals surface area contributed by atoms with Crippen molar-refractivity contribution in [1.29, 1.82) is 0 Å². The molecule has 8 aromatic carbocycles. The predicted molar refractivity (Wildman–Crippen MR) is 223 cm³/mol. The molecule has 6 nitrogen and oxygen atoms in total. The first-order chi connectivity index (χ1) is 27.2.